The number of fused-ring (bicyclic) bond motifs is 3. The van der Waals surface area contributed by atoms with Gasteiger partial charge < -0.3 is 25.8 Å². The summed E-state index contributed by atoms with van der Waals surface area (Å²) in [5, 5.41) is 33.3. The number of hydrogen-bond acceptors (Lipinski definition) is 8. The summed E-state index contributed by atoms with van der Waals surface area (Å²) in [5.41, 5.74) is 7.07. The minimum atomic E-state index is -0.780. The van der Waals surface area contributed by atoms with Crippen LogP contribution in [-0.4, -0.2) is 57.0 Å². The highest BCUT2D eigenvalue weighted by molar-refractivity contribution is 6.30. The predicted octanol–water partition coefficient (Wildman–Crippen LogP) is 3.53. The Morgan fingerprint density at radius 1 is 1.05 bits per heavy atom. The van der Waals surface area contributed by atoms with Crippen molar-refractivity contribution in [2.75, 3.05) is 0 Å². The number of phenols is 2. The Hall–Kier alpha value is -3.07. The number of ketones is 3. The smallest absolute Gasteiger partial charge is 0.198 e. The Kier molecular flexibility index (Phi) is 7.15. The summed E-state index contributed by atoms with van der Waals surface area (Å²) in [7, 11) is 0. The van der Waals surface area contributed by atoms with E-state index in [-0.39, 0.29) is 57.5 Å². The Morgan fingerprint density at radius 2 is 1.68 bits per heavy atom. The number of rotatable bonds is 6. The highest BCUT2D eigenvalue weighted by Gasteiger charge is 2.43. The molecule has 0 spiro atoms. The number of nitrogens with two attached hydrogens (primary N) is 1. The predicted molar refractivity (Wildman–Crippen MR) is 140 cm³/mol. The number of hydrogen-bond donors (Lipinski definition) is 4. The van der Waals surface area contributed by atoms with Gasteiger partial charge in [-0.05, 0) is 50.9 Å². The molecule has 5 N–H and O–H groups in total. The van der Waals surface area contributed by atoms with Crippen LogP contribution in [0.5, 0.6) is 11.5 Å². The molecule has 1 fully saturated rings. The van der Waals surface area contributed by atoms with Gasteiger partial charge in [-0.3, -0.25) is 14.4 Å². The van der Waals surface area contributed by atoms with Crippen molar-refractivity contribution in [2.45, 2.75) is 89.1 Å². The number of benzene rings is 2. The first-order valence-corrected chi connectivity index (χ1v) is 13.5. The standard InChI is InChI=1S/C30H35NO7/c1-3-6-17(32)10-15-9-16(12-18-13-22(31)26(33)14(2)38-18)23-21(11-15)29(36)24-25(30(23)37)28(35)20-8-5-4-7-19(20)27(24)34/h4-5,7-8,14-16,18,22,26,33,36-37H,3,6,9-13,31H2,1-2H3/t14-,15?,16?,18-,22-,26+/m0/s1. The molecule has 0 amide bonds. The van der Waals surface area contributed by atoms with E-state index in [2.05, 4.69) is 0 Å². The molecule has 2 aromatic rings. The number of phenolic OH excluding ortho intramolecular Hbond substituents is 2. The van der Waals surface area contributed by atoms with Crippen molar-refractivity contribution in [2.24, 2.45) is 11.7 Å². The molecule has 3 aliphatic rings. The third-order valence-corrected chi connectivity index (χ3v) is 8.43. The van der Waals surface area contributed by atoms with Crippen LogP contribution in [-0.2, 0) is 16.0 Å². The lowest BCUT2D eigenvalue weighted by Gasteiger charge is -2.40. The van der Waals surface area contributed by atoms with Crippen LogP contribution in [0.2, 0.25) is 0 Å². The largest absolute Gasteiger partial charge is 0.507 e. The first-order chi connectivity index (χ1) is 18.1. The maximum absolute atomic E-state index is 13.5. The molecule has 0 saturated carbocycles. The van der Waals surface area contributed by atoms with Gasteiger partial charge in [0, 0.05) is 41.1 Å². The van der Waals surface area contributed by atoms with Gasteiger partial charge in [-0.2, -0.15) is 0 Å². The molecule has 1 heterocycles. The van der Waals surface area contributed by atoms with Gasteiger partial charge >= 0.3 is 0 Å². The third kappa shape index (κ3) is 4.44. The van der Waals surface area contributed by atoms with Crippen molar-refractivity contribution in [3.8, 4) is 11.5 Å². The number of carbonyl (C=O) groups excluding carboxylic acids is 3. The van der Waals surface area contributed by atoms with Crippen LogP contribution in [0, 0.1) is 5.92 Å². The molecule has 0 aromatic heterocycles. The topological polar surface area (TPSA) is 147 Å². The maximum atomic E-state index is 13.5. The Balaban J connectivity index is 1.60. The lowest BCUT2D eigenvalue weighted by atomic mass is 9.69. The molecule has 2 aromatic carbocycles. The van der Waals surface area contributed by atoms with E-state index in [9.17, 15) is 29.7 Å². The second kappa shape index (κ2) is 10.2. The summed E-state index contributed by atoms with van der Waals surface area (Å²) in [4.78, 5) is 39.5. The molecule has 8 heteroatoms. The number of aliphatic hydroxyl groups is 1. The number of ether oxygens (including phenoxy) is 1. The van der Waals surface area contributed by atoms with Gasteiger partial charge in [-0.15, -0.1) is 0 Å². The average molecular weight is 522 g/mol. The quantitative estimate of drug-likeness (QED) is 0.360. The molecule has 2 aliphatic carbocycles. The minimum Gasteiger partial charge on any atom is -0.507 e. The summed E-state index contributed by atoms with van der Waals surface area (Å²) in [6, 6.07) is 5.94. The van der Waals surface area contributed by atoms with Crippen molar-refractivity contribution >= 4 is 17.3 Å². The normalized spacial score (nSPS) is 28.4. The number of aliphatic hydroxyl groups excluding tert-OH is 1. The second-order valence-corrected chi connectivity index (χ2v) is 11.1. The number of aromatic hydroxyl groups is 2. The van der Waals surface area contributed by atoms with Crippen LogP contribution in [0.15, 0.2) is 24.3 Å². The van der Waals surface area contributed by atoms with Gasteiger partial charge in [0.1, 0.15) is 17.3 Å². The molecule has 1 saturated heterocycles. The van der Waals surface area contributed by atoms with Gasteiger partial charge in [0.05, 0.1) is 29.4 Å². The van der Waals surface area contributed by atoms with Crippen molar-refractivity contribution in [3.05, 3.63) is 57.6 Å². The Bertz CT molecular complexity index is 1290. The molecule has 8 nitrogen and oxygen atoms in total. The first kappa shape index (κ1) is 26.5. The Morgan fingerprint density at radius 3 is 2.29 bits per heavy atom. The van der Waals surface area contributed by atoms with E-state index in [0.29, 0.717) is 49.7 Å². The van der Waals surface area contributed by atoms with E-state index < -0.39 is 29.8 Å². The van der Waals surface area contributed by atoms with E-state index in [1.165, 1.54) is 0 Å². The van der Waals surface area contributed by atoms with Crippen LogP contribution in [0.3, 0.4) is 0 Å². The highest BCUT2D eigenvalue weighted by atomic mass is 16.5. The SMILES string of the molecule is CCCC(=O)CC1Cc2c(O)c3c(c(O)c2C(C[C@H]2C[C@H](N)[C@H](O)[C@H](C)O2)C1)C(=O)c1ccccc1C3=O. The maximum Gasteiger partial charge on any atom is 0.198 e. The van der Waals surface area contributed by atoms with Crippen molar-refractivity contribution in [3.63, 3.8) is 0 Å². The van der Waals surface area contributed by atoms with Gasteiger partial charge in [0.2, 0.25) is 0 Å². The molecule has 202 valence electrons. The van der Waals surface area contributed by atoms with Crippen molar-refractivity contribution in [1.82, 2.24) is 0 Å². The molecule has 0 radical (unpaired) electrons. The fourth-order valence-corrected chi connectivity index (χ4v) is 6.69. The average Bonchev–Trinajstić information content (AvgIpc) is 2.87. The molecule has 0 bridgehead atoms. The number of Topliss-reactive ketones (excluding diaryl/α,β-unsaturated/α-hetero) is 1. The summed E-state index contributed by atoms with van der Waals surface area (Å²) < 4.78 is 6.05. The molecule has 6 atom stereocenters. The highest BCUT2D eigenvalue weighted by Crippen LogP contribution is 2.52. The molecule has 1 aliphatic heterocycles. The van der Waals surface area contributed by atoms with E-state index >= 15 is 0 Å². The zero-order valence-corrected chi connectivity index (χ0v) is 21.8. The van der Waals surface area contributed by atoms with Crippen molar-refractivity contribution < 1.29 is 34.4 Å². The van der Waals surface area contributed by atoms with Gasteiger partial charge in [-0.25, -0.2) is 0 Å². The summed E-state index contributed by atoms with van der Waals surface area (Å²) in [6.07, 6.45) is 1.70. The third-order valence-electron chi connectivity index (χ3n) is 8.43. The zero-order valence-electron chi connectivity index (χ0n) is 21.8. The zero-order chi connectivity index (χ0) is 27.3. The van der Waals surface area contributed by atoms with E-state index in [1.54, 1.807) is 31.2 Å². The van der Waals surface area contributed by atoms with Crippen LogP contribution in [0.25, 0.3) is 0 Å². The minimum absolute atomic E-state index is 0.100. The molecule has 2 unspecified atom stereocenters. The summed E-state index contributed by atoms with van der Waals surface area (Å²) >= 11 is 0. The first-order valence-electron chi connectivity index (χ1n) is 13.5. The van der Waals surface area contributed by atoms with Crippen LogP contribution < -0.4 is 5.73 Å². The molecule has 38 heavy (non-hydrogen) atoms. The summed E-state index contributed by atoms with van der Waals surface area (Å²) in [6.45, 7) is 3.71. The van der Waals surface area contributed by atoms with Crippen LogP contribution in [0.1, 0.15) is 101 Å². The molecular weight excluding hydrogens is 486 g/mol. The fourth-order valence-electron chi connectivity index (χ4n) is 6.69. The van der Waals surface area contributed by atoms with Crippen molar-refractivity contribution in [1.29, 1.82) is 0 Å². The summed E-state index contributed by atoms with van der Waals surface area (Å²) in [5.74, 6) is -1.88. The van der Waals surface area contributed by atoms with Gasteiger partial charge in [0.15, 0.2) is 11.6 Å². The van der Waals surface area contributed by atoms with Gasteiger partial charge in [0.25, 0.3) is 0 Å². The monoisotopic (exact) mass is 521 g/mol. The van der Waals surface area contributed by atoms with Gasteiger partial charge in [-0.1, -0.05) is 31.2 Å². The van der Waals surface area contributed by atoms with E-state index in [4.69, 9.17) is 10.5 Å². The lowest BCUT2D eigenvalue weighted by molar-refractivity contribution is -0.122. The lowest BCUT2D eigenvalue weighted by Crippen LogP contribution is -2.51. The second-order valence-electron chi connectivity index (χ2n) is 11.1. The molecular formula is C30H35NO7. The van der Waals surface area contributed by atoms with Crippen LogP contribution in [0.4, 0.5) is 0 Å². The van der Waals surface area contributed by atoms with Crippen LogP contribution >= 0.6 is 0 Å². The molecule has 5 rings (SSSR count). The Labute approximate surface area is 221 Å². The fraction of sp³-hybridized carbons (Fsp3) is 0.500. The van der Waals surface area contributed by atoms with E-state index in [0.717, 1.165) is 6.42 Å². The van der Waals surface area contributed by atoms with E-state index in [1.807, 2.05) is 6.92 Å². The number of carbonyl (C=O) groups is 3.